The van der Waals surface area contributed by atoms with Gasteiger partial charge in [-0.1, -0.05) is 68.4 Å². The molecule has 0 saturated heterocycles. The van der Waals surface area contributed by atoms with Gasteiger partial charge in [0.2, 0.25) is 0 Å². The molecule has 0 fully saturated rings. The van der Waals surface area contributed by atoms with Gasteiger partial charge in [0.05, 0.1) is 6.42 Å². The maximum atomic E-state index is 12.3. The first-order valence-electron chi connectivity index (χ1n) is 10.1. The smallest absolute Gasteiger partial charge is 0.306 e. The molecular formula is C24H31NO5. The maximum Gasteiger partial charge on any atom is 0.306 e. The van der Waals surface area contributed by atoms with Gasteiger partial charge in [0.25, 0.3) is 5.97 Å². The Morgan fingerprint density at radius 2 is 1.40 bits per heavy atom. The maximum absolute atomic E-state index is 12.3. The van der Waals surface area contributed by atoms with E-state index in [1.807, 2.05) is 54.6 Å². The lowest BCUT2D eigenvalue weighted by atomic mass is 10.0. The van der Waals surface area contributed by atoms with Crippen LogP contribution in [-0.2, 0) is 14.3 Å². The number of nitrogens with zero attached hydrogens (tertiary/aromatic N) is 1. The Kier molecular flexibility index (Phi) is 11.7. The number of aliphatic carboxylic acids is 1. The highest BCUT2D eigenvalue weighted by molar-refractivity contribution is 5.97. The zero-order valence-corrected chi connectivity index (χ0v) is 18.0. The second-order valence-electron chi connectivity index (χ2n) is 6.63. The van der Waals surface area contributed by atoms with E-state index in [4.69, 9.17) is 14.6 Å². The fourth-order valence-corrected chi connectivity index (χ4v) is 2.74. The first-order valence-corrected chi connectivity index (χ1v) is 10.1. The number of likely N-dealkylation sites (N-methyl/N-ethyl adjacent to an activating group) is 1. The highest BCUT2D eigenvalue weighted by Crippen LogP contribution is 2.20. The third-order valence-corrected chi connectivity index (χ3v) is 4.44. The van der Waals surface area contributed by atoms with Crippen molar-refractivity contribution in [2.75, 3.05) is 26.2 Å². The third-order valence-electron chi connectivity index (χ3n) is 4.44. The Balaban J connectivity index is 0.00000103. The molecule has 2 aromatic rings. The quantitative estimate of drug-likeness (QED) is 0.462. The topological polar surface area (TPSA) is 83.9 Å². The molecule has 0 bridgehead atoms. The van der Waals surface area contributed by atoms with Crippen molar-refractivity contribution >= 4 is 17.7 Å². The number of carboxylic acid groups (broad SMARTS) is 1. The number of carboxylic acids is 1. The van der Waals surface area contributed by atoms with Crippen molar-refractivity contribution in [2.24, 2.45) is 0 Å². The molecule has 6 nitrogen and oxygen atoms in total. The van der Waals surface area contributed by atoms with Crippen LogP contribution in [0.4, 0.5) is 0 Å². The van der Waals surface area contributed by atoms with Gasteiger partial charge in [-0.15, -0.1) is 0 Å². The number of hydrogen-bond acceptors (Lipinski definition) is 5. The van der Waals surface area contributed by atoms with E-state index in [2.05, 4.69) is 18.7 Å². The average molecular weight is 414 g/mol. The van der Waals surface area contributed by atoms with Gasteiger partial charge in [-0.25, -0.2) is 0 Å². The second kappa shape index (κ2) is 14.1. The van der Waals surface area contributed by atoms with Gasteiger partial charge < -0.3 is 14.7 Å². The first-order chi connectivity index (χ1) is 14.4. The van der Waals surface area contributed by atoms with Crippen molar-refractivity contribution in [3.05, 3.63) is 60.2 Å². The summed E-state index contributed by atoms with van der Waals surface area (Å²) in [5.74, 6) is -1.18. The molecule has 2 rings (SSSR count). The Hall–Kier alpha value is -2.99. The molecule has 0 aliphatic heterocycles. The van der Waals surface area contributed by atoms with Gasteiger partial charge in [-0.05, 0) is 24.2 Å². The molecule has 6 heteroatoms. The second-order valence-corrected chi connectivity index (χ2v) is 6.63. The summed E-state index contributed by atoms with van der Waals surface area (Å²) in [4.78, 5) is 35.2. The van der Waals surface area contributed by atoms with Gasteiger partial charge in [0.1, 0.15) is 6.61 Å². The van der Waals surface area contributed by atoms with Crippen LogP contribution in [0.2, 0.25) is 0 Å². The number of ether oxygens (including phenoxy) is 1. The average Bonchev–Trinajstić information content (AvgIpc) is 2.75. The number of hydrogen-bond donors (Lipinski definition) is 1. The van der Waals surface area contributed by atoms with Crippen molar-refractivity contribution in [3.8, 4) is 11.1 Å². The Morgan fingerprint density at radius 3 is 1.93 bits per heavy atom. The van der Waals surface area contributed by atoms with Crippen LogP contribution in [0, 0.1) is 0 Å². The number of Topliss-reactive ketones (excluding diaryl/α,β-unsaturated/α-hetero) is 1. The van der Waals surface area contributed by atoms with Gasteiger partial charge in [0.15, 0.2) is 5.78 Å². The predicted octanol–water partition coefficient (Wildman–Crippen LogP) is 4.29. The molecule has 1 N–H and O–H groups in total. The Bertz CT molecular complexity index is 779. The van der Waals surface area contributed by atoms with E-state index in [0.29, 0.717) is 12.2 Å². The summed E-state index contributed by atoms with van der Waals surface area (Å²) < 4.78 is 5.21. The van der Waals surface area contributed by atoms with E-state index in [0.717, 1.165) is 37.7 Å². The van der Waals surface area contributed by atoms with Gasteiger partial charge in [-0.2, -0.15) is 0 Å². The number of benzene rings is 2. The van der Waals surface area contributed by atoms with Crippen LogP contribution in [0.1, 0.15) is 44.0 Å². The fraction of sp³-hybridized carbons (Fsp3) is 0.375. The summed E-state index contributed by atoms with van der Waals surface area (Å²) in [6, 6.07) is 17.5. The lowest BCUT2D eigenvalue weighted by Gasteiger charge is -2.17. The van der Waals surface area contributed by atoms with E-state index in [1.54, 1.807) is 0 Å². The van der Waals surface area contributed by atoms with E-state index in [1.165, 1.54) is 0 Å². The van der Waals surface area contributed by atoms with Crippen LogP contribution in [0.15, 0.2) is 54.6 Å². The number of ketones is 1. The molecule has 2 aromatic carbocycles. The molecule has 0 aliphatic rings. The van der Waals surface area contributed by atoms with Crippen LogP contribution in [0.3, 0.4) is 0 Å². The molecule has 0 spiro atoms. The van der Waals surface area contributed by atoms with Gasteiger partial charge in [0, 0.05) is 25.5 Å². The summed E-state index contributed by atoms with van der Waals surface area (Å²) in [5.41, 5.74) is 2.81. The van der Waals surface area contributed by atoms with Crippen molar-refractivity contribution < 1.29 is 24.2 Å². The monoisotopic (exact) mass is 413 g/mol. The molecule has 30 heavy (non-hydrogen) atoms. The molecule has 0 heterocycles. The van der Waals surface area contributed by atoms with Crippen LogP contribution >= 0.6 is 0 Å². The Labute approximate surface area is 178 Å². The van der Waals surface area contributed by atoms with Crippen molar-refractivity contribution in [1.82, 2.24) is 4.90 Å². The summed E-state index contributed by atoms with van der Waals surface area (Å²) in [7, 11) is 0. The molecule has 0 aliphatic carbocycles. The zero-order chi connectivity index (χ0) is 22.4. The van der Waals surface area contributed by atoms with E-state index in [9.17, 15) is 9.59 Å². The van der Waals surface area contributed by atoms with E-state index in [-0.39, 0.29) is 24.6 Å². The lowest BCUT2D eigenvalue weighted by Crippen LogP contribution is -2.27. The van der Waals surface area contributed by atoms with Crippen molar-refractivity contribution in [1.29, 1.82) is 0 Å². The highest BCUT2D eigenvalue weighted by Gasteiger charge is 2.11. The molecule has 0 unspecified atom stereocenters. The zero-order valence-electron chi connectivity index (χ0n) is 18.0. The van der Waals surface area contributed by atoms with Crippen molar-refractivity contribution in [3.63, 3.8) is 0 Å². The fourth-order valence-electron chi connectivity index (χ4n) is 2.74. The Morgan fingerprint density at radius 1 is 0.867 bits per heavy atom. The van der Waals surface area contributed by atoms with Crippen LogP contribution in [0.5, 0.6) is 0 Å². The van der Waals surface area contributed by atoms with E-state index >= 15 is 0 Å². The summed E-state index contributed by atoms with van der Waals surface area (Å²) in [6.45, 7) is 8.21. The molecule has 0 atom stereocenters. The summed E-state index contributed by atoms with van der Waals surface area (Å²) in [5, 5.41) is 7.42. The first kappa shape index (κ1) is 25.0. The number of rotatable bonds is 10. The molecule has 0 saturated carbocycles. The van der Waals surface area contributed by atoms with Crippen LogP contribution in [0.25, 0.3) is 11.1 Å². The largest absolute Gasteiger partial charge is 0.481 e. The molecule has 0 amide bonds. The molecular weight excluding hydrogens is 382 g/mol. The molecule has 162 valence electrons. The molecule has 0 aromatic heterocycles. The number of carbonyl (C=O) groups excluding carboxylic acids is 2. The third kappa shape index (κ3) is 9.98. The van der Waals surface area contributed by atoms with Crippen LogP contribution < -0.4 is 0 Å². The summed E-state index contributed by atoms with van der Waals surface area (Å²) in [6.07, 6.45) is 0.298. The minimum atomic E-state index is -0.833. The van der Waals surface area contributed by atoms with E-state index < -0.39 is 5.97 Å². The predicted molar refractivity (Wildman–Crippen MR) is 117 cm³/mol. The normalized spacial score (nSPS) is 10.1. The number of esters is 1. The SMILES string of the molecule is CC(=O)O.CCN(CC)CCOC(=O)CCC(=O)c1ccc(-c2ccccc2)cc1. The highest BCUT2D eigenvalue weighted by atomic mass is 16.5. The minimum absolute atomic E-state index is 0.0368. The summed E-state index contributed by atoms with van der Waals surface area (Å²) >= 11 is 0. The van der Waals surface area contributed by atoms with Gasteiger partial charge >= 0.3 is 5.97 Å². The molecule has 0 radical (unpaired) electrons. The van der Waals surface area contributed by atoms with Gasteiger partial charge in [-0.3, -0.25) is 14.4 Å². The standard InChI is InChI=1S/C22H27NO3.C2H4O2/c1-3-23(4-2)16-17-26-22(25)15-14-21(24)20-12-10-19(11-13-20)18-8-6-5-7-9-18;1-2(3)4/h5-13H,3-4,14-17H2,1-2H3;1H3,(H,3,4). The lowest BCUT2D eigenvalue weighted by molar-refractivity contribution is -0.144. The minimum Gasteiger partial charge on any atom is -0.481 e. The van der Waals surface area contributed by atoms with Crippen molar-refractivity contribution in [2.45, 2.75) is 33.6 Å². The van der Waals surface area contributed by atoms with Crippen LogP contribution in [-0.4, -0.2) is 54.0 Å². The number of carbonyl (C=O) groups is 3.